The van der Waals surface area contributed by atoms with Crippen LogP contribution in [0.1, 0.15) is 22.4 Å². The number of carbonyl (C=O) groups excluding carboxylic acids is 1. The molecule has 0 spiro atoms. The van der Waals surface area contributed by atoms with Crippen molar-refractivity contribution in [3.05, 3.63) is 89.5 Å². The van der Waals surface area contributed by atoms with Gasteiger partial charge in [0, 0.05) is 11.6 Å². The standard InChI is InChI=1S/C28H28N6O2/c1-18-6-5-7-22(13-18)24-10-11-29-28-27(24)21(4)32-34(28)16-26(35)31-23-14-30-33(15-23)17-36-25-9-8-19(2)12-20(25)3/h5-15H,16-17H2,1-4H3,(H,31,35). The summed E-state index contributed by atoms with van der Waals surface area (Å²) in [5.41, 5.74) is 7.69. The zero-order valence-corrected chi connectivity index (χ0v) is 20.8. The molecule has 8 heteroatoms. The SMILES string of the molecule is Cc1cccc(-c2ccnc3c2c(C)nn3CC(=O)Nc2cnn(COc3ccc(C)cc3C)c2)c1. The van der Waals surface area contributed by atoms with E-state index in [0.29, 0.717) is 11.3 Å². The Hall–Kier alpha value is -4.46. The van der Waals surface area contributed by atoms with Crippen molar-refractivity contribution in [3.63, 3.8) is 0 Å². The number of ether oxygens (including phenoxy) is 1. The monoisotopic (exact) mass is 480 g/mol. The maximum absolute atomic E-state index is 12.8. The Bertz CT molecular complexity index is 1570. The van der Waals surface area contributed by atoms with Gasteiger partial charge >= 0.3 is 0 Å². The highest BCUT2D eigenvalue weighted by Crippen LogP contribution is 2.30. The first-order chi connectivity index (χ1) is 17.4. The zero-order chi connectivity index (χ0) is 25.2. The molecular formula is C28H28N6O2. The first kappa shape index (κ1) is 23.3. The van der Waals surface area contributed by atoms with Gasteiger partial charge in [0.1, 0.15) is 12.3 Å². The number of aromatic nitrogens is 5. The molecule has 3 aromatic heterocycles. The van der Waals surface area contributed by atoms with Crippen LogP contribution in [0.2, 0.25) is 0 Å². The largest absolute Gasteiger partial charge is 0.471 e. The first-order valence-electron chi connectivity index (χ1n) is 11.8. The number of pyridine rings is 1. The molecule has 0 saturated heterocycles. The van der Waals surface area contributed by atoms with Crippen LogP contribution in [0.5, 0.6) is 5.75 Å². The Morgan fingerprint density at radius 1 is 1.03 bits per heavy atom. The molecule has 0 unspecified atom stereocenters. The van der Waals surface area contributed by atoms with Crippen LogP contribution in [0.25, 0.3) is 22.2 Å². The lowest BCUT2D eigenvalue weighted by atomic mass is 10.0. The van der Waals surface area contributed by atoms with Crippen molar-refractivity contribution in [3.8, 4) is 16.9 Å². The lowest BCUT2D eigenvalue weighted by Gasteiger charge is -2.09. The Morgan fingerprint density at radius 3 is 2.67 bits per heavy atom. The number of nitrogens with zero attached hydrogens (tertiary/aromatic N) is 5. The number of benzene rings is 2. The van der Waals surface area contributed by atoms with Gasteiger partial charge in [-0.25, -0.2) is 14.3 Å². The number of hydrogen-bond acceptors (Lipinski definition) is 5. The number of rotatable bonds is 7. The minimum absolute atomic E-state index is 0.0405. The normalized spacial score (nSPS) is 11.1. The number of fused-ring (bicyclic) bond motifs is 1. The van der Waals surface area contributed by atoms with Crippen LogP contribution in [0.4, 0.5) is 5.69 Å². The molecule has 1 amide bonds. The van der Waals surface area contributed by atoms with Gasteiger partial charge in [-0.15, -0.1) is 0 Å². The van der Waals surface area contributed by atoms with Gasteiger partial charge in [-0.3, -0.25) is 4.79 Å². The summed E-state index contributed by atoms with van der Waals surface area (Å²) in [5, 5.41) is 12.7. The van der Waals surface area contributed by atoms with Crippen LogP contribution in [0.15, 0.2) is 67.1 Å². The van der Waals surface area contributed by atoms with E-state index in [1.54, 1.807) is 28.0 Å². The van der Waals surface area contributed by atoms with E-state index >= 15 is 0 Å². The lowest BCUT2D eigenvalue weighted by Crippen LogP contribution is -2.19. The maximum Gasteiger partial charge on any atom is 0.246 e. The summed E-state index contributed by atoms with van der Waals surface area (Å²) in [6, 6.07) is 16.3. The van der Waals surface area contributed by atoms with Gasteiger partial charge in [0.05, 0.1) is 23.8 Å². The number of carbonyl (C=O) groups is 1. The molecule has 0 fully saturated rings. The second kappa shape index (κ2) is 9.65. The van der Waals surface area contributed by atoms with E-state index in [4.69, 9.17) is 4.74 Å². The highest BCUT2D eigenvalue weighted by Gasteiger charge is 2.16. The fraction of sp³-hybridized carbons (Fsp3) is 0.214. The van der Waals surface area contributed by atoms with E-state index in [0.717, 1.165) is 33.5 Å². The van der Waals surface area contributed by atoms with Crippen LogP contribution in [-0.2, 0) is 18.1 Å². The van der Waals surface area contributed by atoms with E-state index in [-0.39, 0.29) is 19.2 Å². The summed E-state index contributed by atoms with van der Waals surface area (Å²) in [6.07, 6.45) is 5.10. The second-order valence-electron chi connectivity index (χ2n) is 9.03. The third kappa shape index (κ3) is 4.84. The molecule has 0 radical (unpaired) electrons. The van der Waals surface area contributed by atoms with Crippen molar-refractivity contribution >= 4 is 22.6 Å². The highest BCUT2D eigenvalue weighted by atomic mass is 16.5. The molecule has 0 saturated carbocycles. The van der Waals surface area contributed by atoms with Crippen molar-refractivity contribution in [2.75, 3.05) is 5.32 Å². The highest BCUT2D eigenvalue weighted by molar-refractivity contribution is 5.96. The molecule has 0 bridgehead atoms. The fourth-order valence-electron chi connectivity index (χ4n) is 4.38. The minimum Gasteiger partial charge on any atom is -0.471 e. The maximum atomic E-state index is 12.8. The Morgan fingerprint density at radius 2 is 1.86 bits per heavy atom. The van der Waals surface area contributed by atoms with Crippen LogP contribution < -0.4 is 10.1 Å². The molecule has 5 rings (SSSR count). The Balaban J connectivity index is 1.28. The molecule has 0 aliphatic heterocycles. The Kier molecular flexibility index (Phi) is 6.25. The van der Waals surface area contributed by atoms with Crippen LogP contribution in [0.3, 0.4) is 0 Å². The van der Waals surface area contributed by atoms with Crippen LogP contribution in [0, 0.1) is 27.7 Å². The lowest BCUT2D eigenvalue weighted by molar-refractivity contribution is -0.116. The average Bonchev–Trinajstić information content (AvgIpc) is 3.42. The molecular weight excluding hydrogens is 452 g/mol. The predicted molar refractivity (Wildman–Crippen MR) is 140 cm³/mol. The van der Waals surface area contributed by atoms with E-state index in [9.17, 15) is 4.79 Å². The molecule has 36 heavy (non-hydrogen) atoms. The second-order valence-corrected chi connectivity index (χ2v) is 9.03. The number of amides is 1. The number of hydrogen-bond donors (Lipinski definition) is 1. The summed E-state index contributed by atoms with van der Waals surface area (Å²) in [7, 11) is 0. The van der Waals surface area contributed by atoms with Crippen LogP contribution >= 0.6 is 0 Å². The third-order valence-electron chi connectivity index (χ3n) is 6.03. The third-order valence-corrected chi connectivity index (χ3v) is 6.03. The number of anilines is 1. The van der Waals surface area contributed by atoms with Gasteiger partial charge in [-0.1, -0.05) is 47.5 Å². The van der Waals surface area contributed by atoms with Gasteiger partial charge < -0.3 is 10.1 Å². The molecule has 0 aliphatic carbocycles. The average molecular weight is 481 g/mol. The van der Waals surface area contributed by atoms with Crippen LogP contribution in [-0.4, -0.2) is 30.5 Å². The van der Waals surface area contributed by atoms with Crippen molar-refractivity contribution in [1.82, 2.24) is 24.5 Å². The van der Waals surface area contributed by atoms with Gasteiger partial charge in [-0.2, -0.15) is 10.2 Å². The quantitative estimate of drug-likeness (QED) is 0.346. The predicted octanol–water partition coefficient (Wildman–Crippen LogP) is 5.20. The number of aryl methyl sites for hydroxylation is 4. The van der Waals surface area contributed by atoms with Gasteiger partial charge in [0.15, 0.2) is 12.4 Å². The van der Waals surface area contributed by atoms with E-state index in [2.05, 4.69) is 51.7 Å². The van der Waals surface area contributed by atoms with E-state index in [1.807, 2.05) is 45.0 Å². The smallest absolute Gasteiger partial charge is 0.246 e. The van der Waals surface area contributed by atoms with Crippen molar-refractivity contribution in [2.45, 2.75) is 41.0 Å². The van der Waals surface area contributed by atoms with Crippen molar-refractivity contribution < 1.29 is 9.53 Å². The molecule has 0 aliphatic rings. The summed E-state index contributed by atoms with van der Waals surface area (Å²) in [5.74, 6) is 0.595. The first-order valence-corrected chi connectivity index (χ1v) is 11.8. The number of nitrogens with one attached hydrogen (secondary N) is 1. The molecule has 182 valence electrons. The fourth-order valence-corrected chi connectivity index (χ4v) is 4.38. The van der Waals surface area contributed by atoms with E-state index < -0.39 is 0 Å². The van der Waals surface area contributed by atoms with Crippen molar-refractivity contribution in [1.29, 1.82) is 0 Å². The molecule has 5 aromatic rings. The minimum atomic E-state index is -0.211. The zero-order valence-electron chi connectivity index (χ0n) is 20.8. The van der Waals surface area contributed by atoms with Crippen molar-refractivity contribution in [2.24, 2.45) is 0 Å². The van der Waals surface area contributed by atoms with Gasteiger partial charge in [-0.05, 0) is 56.5 Å². The topological polar surface area (TPSA) is 86.9 Å². The van der Waals surface area contributed by atoms with Gasteiger partial charge in [0.2, 0.25) is 5.91 Å². The molecule has 8 nitrogen and oxygen atoms in total. The van der Waals surface area contributed by atoms with E-state index in [1.165, 1.54) is 11.1 Å². The summed E-state index contributed by atoms with van der Waals surface area (Å²) in [4.78, 5) is 17.4. The molecule has 0 atom stereocenters. The molecule has 1 N–H and O–H groups in total. The van der Waals surface area contributed by atoms with Gasteiger partial charge in [0.25, 0.3) is 0 Å². The molecule has 2 aromatic carbocycles. The Labute approximate surface area is 209 Å². The summed E-state index contributed by atoms with van der Waals surface area (Å²) >= 11 is 0. The summed E-state index contributed by atoms with van der Waals surface area (Å²) < 4.78 is 9.15. The molecule has 3 heterocycles. The summed E-state index contributed by atoms with van der Waals surface area (Å²) in [6.45, 7) is 8.35.